The molecule has 0 aliphatic heterocycles. The van der Waals surface area contributed by atoms with Crippen molar-refractivity contribution in [2.24, 2.45) is 5.73 Å². The molecule has 0 rings (SSSR count). The van der Waals surface area contributed by atoms with Crippen molar-refractivity contribution in [1.29, 1.82) is 0 Å². The maximum atomic E-state index is 11.0. The van der Waals surface area contributed by atoms with Gasteiger partial charge in [-0.1, -0.05) is 6.08 Å². The summed E-state index contributed by atoms with van der Waals surface area (Å²) in [6.45, 7) is 1.64. The minimum absolute atomic E-state index is 0.00599. The van der Waals surface area contributed by atoms with Crippen molar-refractivity contribution >= 4 is 17.8 Å². The van der Waals surface area contributed by atoms with Crippen LogP contribution in [0.4, 0.5) is 0 Å². The Morgan fingerprint density at radius 3 is 2.47 bits per heavy atom. The highest BCUT2D eigenvalue weighted by Crippen LogP contribution is 1.97. The Balaban J connectivity index is 4.22. The molecule has 6 nitrogen and oxygen atoms in total. The van der Waals surface area contributed by atoms with E-state index in [9.17, 15) is 14.4 Å². The first kappa shape index (κ1) is 13.2. The third-order valence-electron chi connectivity index (χ3n) is 1.61. The lowest BCUT2D eigenvalue weighted by Gasteiger charge is -2.11. The zero-order valence-electron chi connectivity index (χ0n) is 8.40. The Kier molecular flexibility index (Phi) is 5.77. The number of carbonyl (C=O) groups excluding carboxylic acids is 2. The smallest absolute Gasteiger partial charge is 0.326 e. The van der Waals surface area contributed by atoms with Gasteiger partial charge in [0.15, 0.2) is 0 Å². The Labute approximate surface area is 87.1 Å². The van der Waals surface area contributed by atoms with Gasteiger partial charge in [-0.2, -0.15) is 0 Å². The number of rotatable bonds is 6. The number of primary amides is 1. The maximum Gasteiger partial charge on any atom is 0.326 e. The van der Waals surface area contributed by atoms with Crippen molar-refractivity contribution in [1.82, 2.24) is 5.32 Å². The molecule has 0 fully saturated rings. The predicted octanol–water partition coefficient (Wildman–Crippen LogP) is -0.603. The second-order valence-electron chi connectivity index (χ2n) is 2.90. The fraction of sp³-hybridized carbons (Fsp3) is 0.444. The first-order valence-corrected chi connectivity index (χ1v) is 4.41. The second-order valence-corrected chi connectivity index (χ2v) is 2.90. The number of allylic oxidation sites excluding steroid dienone is 1. The van der Waals surface area contributed by atoms with Crippen molar-refractivity contribution in [3.8, 4) is 0 Å². The highest BCUT2D eigenvalue weighted by Gasteiger charge is 2.19. The number of amides is 2. The van der Waals surface area contributed by atoms with Crippen molar-refractivity contribution in [2.45, 2.75) is 25.8 Å². The molecule has 0 aliphatic carbocycles. The monoisotopic (exact) mass is 214 g/mol. The molecule has 0 bridgehead atoms. The summed E-state index contributed by atoms with van der Waals surface area (Å²) >= 11 is 0. The van der Waals surface area contributed by atoms with Gasteiger partial charge in [0.25, 0.3) is 0 Å². The van der Waals surface area contributed by atoms with Gasteiger partial charge in [-0.15, -0.1) is 0 Å². The molecule has 6 heteroatoms. The lowest BCUT2D eigenvalue weighted by molar-refractivity contribution is -0.141. The van der Waals surface area contributed by atoms with Crippen LogP contribution < -0.4 is 11.1 Å². The van der Waals surface area contributed by atoms with Crippen LogP contribution in [0.5, 0.6) is 0 Å². The van der Waals surface area contributed by atoms with Crippen molar-refractivity contribution < 1.29 is 19.5 Å². The normalized spacial score (nSPS) is 12.3. The number of nitrogens with one attached hydrogen (secondary N) is 1. The molecule has 0 heterocycles. The van der Waals surface area contributed by atoms with Gasteiger partial charge in [-0.05, 0) is 19.4 Å². The van der Waals surface area contributed by atoms with E-state index in [0.29, 0.717) is 0 Å². The number of hydrogen-bond donors (Lipinski definition) is 3. The van der Waals surface area contributed by atoms with Gasteiger partial charge in [0.2, 0.25) is 11.8 Å². The molecule has 0 saturated heterocycles. The minimum atomic E-state index is -1.19. The molecule has 0 radical (unpaired) electrons. The summed E-state index contributed by atoms with van der Waals surface area (Å²) < 4.78 is 0. The molecule has 2 amide bonds. The number of carbonyl (C=O) groups is 3. The molecule has 0 unspecified atom stereocenters. The summed E-state index contributed by atoms with van der Waals surface area (Å²) in [5, 5.41) is 11.0. The number of carboxylic acids is 1. The van der Waals surface area contributed by atoms with E-state index in [4.69, 9.17) is 10.8 Å². The van der Waals surface area contributed by atoms with E-state index in [2.05, 4.69) is 5.32 Å². The number of carboxylic acid groups (broad SMARTS) is 1. The van der Waals surface area contributed by atoms with Gasteiger partial charge in [0.05, 0.1) is 0 Å². The van der Waals surface area contributed by atoms with Crippen molar-refractivity contribution in [3.05, 3.63) is 12.2 Å². The van der Waals surface area contributed by atoms with Gasteiger partial charge >= 0.3 is 5.97 Å². The third kappa shape index (κ3) is 6.25. The summed E-state index contributed by atoms with van der Waals surface area (Å²) in [6, 6.07) is -1.08. The van der Waals surface area contributed by atoms with Crippen molar-refractivity contribution in [3.63, 3.8) is 0 Å². The lowest BCUT2D eigenvalue weighted by atomic mass is 10.1. The molecule has 4 N–H and O–H groups in total. The van der Waals surface area contributed by atoms with Crippen LogP contribution >= 0.6 is 0 Å². The summed E-state index contributed by atoms with van der Waals surface area (Å²) in [5.74, 6) is -2.29. The SMILES string of the molecule is C/C=C/C(=O)N[C@H](CCC(N)=O)C(=O)O. The van der Waals surface area contributed by atoms with Gasteiger partial charge in [-0.25, -0.2) is 4.79 Å². The topological polar surface area (TPSA) is 109 Å². The summed E-state index contributed by atoms with van der Waals surface area (Å²) in [5.41, 5.74) is 4.87. The van der Waals surface area contributed by atoms with Crippen LogP contribution in [0.15, 0.2) is 12.2 Å². The minimum Gasteiger partial charge on any atom is -0.480 e. The summed E-state index contributed by atoms with van der Waals surface area (Å²) in [4.78, 5) is 32.1. The van der Waals surface area contributed by atoms with Crippen LogP contribution in [-0.4, -0.2) is 28.9 Å². The molecule has 0 aromatic heterocycles. The van der Waals surface area contributed by atoms with Crippen LogP contribution in [0, 0.1) is 0 Å². The molecule has 0 aromatic rings. The van der Waals surface area contributed by atoms with E-state index in [0.717, 1.165) is 0 Å². The van der Waals surface area contributed by atoms with Crippen LogP contribution in [0.3, 0.4) is 0 Å². The lowest BCUT2D eigenvalue weighted by Crippen LogP contribution is -2.40. The van der Waals surface area contributed by atoms with Crippen molar-refractivity contribution in [2.75, 3.05) is 0 Å². The van der Waals surface area contributed by atoms with Crippen LogP contribution in [0.25, 0.3) is 0 Å². The number of aliphatic carboxylic acids is 1. The zero-order chi connectivity index (χ0) is 11.8. The quantitative estimate of drug-likeness (QED) is 0.512. The zero-order valence-corrected chi connectivity index (χ0v) is 8.40. The molecular weight excluding hydrogens is 200 g/mol. The van der Waals surface area contributed by atoms with E-state index in [-0.39, 0.29) is 12.8 Å². The molecule has 15 heavy (non-hydrogen) atoms. The van der Waals surface area contributed by atoms with Crippen LogP contribution in [0.1, 0.15) is 19.8 Å². The average molecular weight is 214 g/mol. The molecule has 0 spiro atoms. The first-order chi connectivity index (χ1) is 6.97. The molecule has 0 saturated carbocycles. The highest BCUT2D eigenvalue weighted by molar-refractivity contribution is 5.91. The standard InChI is InChI=1S/C9H14N2O4/c1-2-3-8(13)11-6(9(14)15)4-5-7(10)12/h2-3,6H,4-5H2,1H3,(H2,10,12)(H,11,13)(H,14,15)/b3-2+/t6-/m1/s1. The van der Waals surface area contributed by atoms with Crippen LogP contribution in [0.2, 0.25) is 0 Å². The van der Waals surface area contributed by atoms with E-state index in [1.807, 2.05) is 0 Å². The maximum absolute atomic E-state index is 11.0. The van der Waals surface area contributed by atoms with E-state index in [1.165, 1.54) is 12.2 Å². The Bertz CT molecular complexity index is 286. The third-order valence-corrected chi connectivity index (χ3v) is 1.61. The largest absolute Gasteiger partial charge is 0.480 e. The van der Waals surface area contributed by atoms with Crippen LogP contribution in [-0.2, 0) is 14.4 Å². The molecule has 0 aromatic carbocycles. The Morgan fingerprint density at radius 2 is 2.07 bits per heavy atom. The highest BCUT2D eigenvalue weighted by atomic mass is 16.4. The van der Waals surface area contributed by atoms with E-state index in [1.54, 1.807) is 6.92 Å². The second kappa shape index (κ2) is 6.58. The van der Waals surface area contributed by atoms with E-state index >= 15 is 0 Å². The number of hydrogen-bond acceptors (Lipinski definition) is 3. The molecule has 0 aliphatic rings. The first-order valence-electron chi connectivity index (χ1n) is 4.41. The Hall–Kier alpha value is -1.85. The number of nitrogens with two attached hydrogens (primary N) is 1. The van der Waals surface area contributed by atoms with Gasteiger partial charge in [-0.3, -0.25) is 9.59 Å². The average Bonchev–Trinajstić information content (AvgIpc) is 2.11. The predicted molar refractivity (Wildman–Crippen MR) is 52.8 cm³/mol. The summed E-state index contributed by atoms with van der Waals surface area (Å²) in [7, 11) is 0. The molecule has 84 valence electrons. The van der Waals surface area contributed by atoms with E-state index < -0.39 is 23.8 Å². The molecule has 1 atom stereocenters. The van der Waals surface area contributed by atoms with Gasteiger partial charge in [0, 0.05) is 6.42 Å². The van der Waals surface area contributed by atoms with Gasteiger partial charge < -0.3 is 16.2 Å². The fourth-order valence-corrected chi connectivity index (χ4v) is 0.915. The summed E-state index contributed by atoms with van der Waals surface area (Å²) in [6.07, 6.45) is 2.61. The molecular formula is C9H14N2O4. The van der Waals surface area contributed by atoms with Gasteiger partial charge in [0.1, 0.15) is 6.04 Å². The Morgan fingerprint density at radius 1 is 1.47 bits per heavy atom. The fourth-order valence-electron chi connectivity index (χ4n) is 0.915.